The van der Waals surface area contributed by atoms with Crippen LogP contribution >= 0.6 is 23.2 Å². The molecule has 0 radical (unpaired) electrons. The summed E-state index contributed by atoms with van der Waals surface area (Å²) >= 11 is 12.0. The van der Waals surface area contributed by atoms with E-state index in [1.165, 1.54) is 6.07 Å². The van der Waals surface area contributed by atoms with Crippen LogP contribution in [0.15, 0.2) is 24.3 Å². The highest BCUT2D eigenvalue weighted by Gasteiger charge is 2.10. The third-order valence-corrected chi connectivity index (χ3v) is 3.26. The highest BCUT2D eigenvalue weighted by molar-refractivity contribution is 6.37. The molecule has 0 unspecified atom stereocenters. The average molecular weight is 300 g/mol. The average Bonchev–Trinajstić information content (AvgIpc) is 2.38. The molecular formula is C13H12Cl2FN3. The number of nitrogens with one attached hydrogen (secondary N) is 2. The molecule has 2 rings (SSSR count). The highest BCUT2D eigenvalue weighted by Crippen LogP contribution is 2.31. The van der Waals surface area contributed by atoms with Gasteiger partial charge < -0.3 is 10.6 Å². The Morgan fingerprint density at radius 1 is 1.16 bits per heavy atom. The number of rotatable bonds is 3. The minimum Gasteiger partial charge on any atom is -0.372 e. The Kier molecular flexibility index (Phi) is 4.12. The lowest BCUT2D eigenvalue weighted by Crippen LogP contribution is -2.01. The van der Waals surface area contributed by atoms with Gasteiger partial charge in [-0.2, -0.15) is 0 Å². The number of pyridine rings is 1. The Balaban J connectivity index is 2.41. The van der Waals surface area contributed by atoms with E-state index < -0.39 is 0 Å². The van der Waals surface area contributed by atoms with Gasteiger partial charge in [0.2, 0.25) is 0 Å². The molecule has 3 nitrogen and oxygen atoms in total. The summed E-state index contributed by atoms with van der Waals surface area (Å²) in [5.41, 5.74) is 1.11. The molecule has 1 aromatic heterocycles. The van der Waals surface area contributed by atoms with E-state index in [2.05, 4.69) is 15.6 Å². The van der Waals surface area contributed by atoms with Crippen LogP contribution in [0.2, 0.25) is 10.0 Å². The van der Waals surface area contributed by atoms with Crippen molar-refractivity contribution in [3.05, 3.63) is 45.7 Å². The molecule has 19 heavy (non-hydrogen) atoms. The predicted molar refractivity (Wildman–Crippen MR) is 78.2 cm³/mol. The van der Waals surface area contributed by atoms with Crippen molar-refractivity contribution >= 4 is 40.5 Å². The van der Waals surface area contributed by atoms with Crippen LogP contribution < -0.4 is 10.6 Å². The Morgan fingerprint density at radius 3 is 2.53 bits per heavy atom. The second kappa shape index (κ2) is 5.63. The van der Waals surface area contributed by atoms with Gasteiger partial charge in [0.25, 0.3) is 0 Å². The monoisotopic (exact) mass is 299 g/mol. The zero-order valence-corrected chi connectivity index (χ0v) is 11.9. The maximum Gasteiger partial charge on any atom is 0.151 e. The van der Waals surface area contributed by atoms with Gasteiger partial charge in [0.15, 0.2) is 5.82 Å². The molecule has 0 bridgehead atoms. The molecule has 1 heterocycles. The quantitative estimate of drug-likeness (QED) is 0.868. The summed E-state index contributed by atoms with van der Waals surface area (Å²) < 4.78 is 13.5. The van der Waals surface area contributed by atoms with Gasteiger partial charge in [-0.3, -0.25) is 0 Å². The Labute approximate surface area is 120 Å². The van der Waals surface area contributed by atoms with Gasteiger partial charge in [0, 0.05) is 18.3 Å². The van der Waals surface area contributed by atoms with Gasteiger partial charge in [0.05, 0.1) is 10.0 Å². The summed E-state index contributed by atoms with van der Waals surface area (Å²) in [7, 11) is 1.71. The molecule has 0 aliphatic rings. The first-order valence-electron chi connectivity index (χ1n) is 5.59. The SMILES string of the molecule is CNc1nc(Nc2cccc(F)c2C)c(Cl)cc1Cl. The summed E-state index contributed by atoms with van der Waals surface area (Å²) in [5.74, 6) is 0.635. The van der Waals surface area contributed by atoms with Crippen molar-refractivity contribution in [3.8, 4) is 0 Å². The minimum absolute atomic E-state index is 0.288. The van der Waals surface area contributed by atoms with Gasteiger partial charge in [-0.1, -0.05) is 29.3 Å². The van der Waals surface area contributed by atoms with E-state index in [1.807, 2.05) is 0 Å². The maximum absolute atomic E-state index is 13.5. The number of nitrogens with zero attached hydrogens (tertiary/aromatic N) is 1. The molecule has 0 spiro atoms. The third-order valence-electron chi connectivity index (χ3n) is 2.69. The molecule has 2 N–H and O–H groups in total. The standard InChI is InChI=1S/C13H12Cl2FN3/c1-7-10(16)4-3-5-11(7)18-13-9(15)6-8(14)12(17-2)19-13/h3-6H,1-2H3,(H2,17,18,19). The molecule has 0 atom stereocenters. The first-order chi connectivity index (χ1) is 9.02. The van der Waals surface area contributed by atoms with Crippen LogP contribution in [0.4, 0.5) is 21.7 Å². The zero-order chi connectivity index (χ0) is 14.0. The van der Waals surface area contributed by atoms with Crippen molar-refractivity contribution in [2.24, 2.45) is 0 Å². The van der Waals surface area contributed by atoms with E-state index in [4.69, 9.17) is 23.2 Å². The molecule has 2 aromatic rings. The molecule has 0 aliphatic carbocycles. The van der Waals surface area contributed by atoms with Crippen molar-refractivity contribution in [3.63, 3.8) is 0 Å². The van der Waals surface area contributed by atoms with Crippen LogP contribution in [-0.2, 0) is 0 Å². The second-order valence-electron chi connectivity index (χ2n) is 3.94. The van der Waals surface area contributed by atoms with Gasteiger partial charge >= 0.3 is 0 Å². The van der Waals surface area contributed by atoms with Crippen molar-refractivity contribution < 1.29 is 4.39 Å². The summed E-state index contributed by atoms with van der Waals surface area (Å²) in [6.07, 6.45) is 0. The van der Waals surface area contributed by atoms with Gasteiger partial charge in [-0.05, 0) is 25.1 Å². The van der Waals surface area contributed by atoms with Gasteiger partial charge in [-0.15, -0.1) is 0 Å². The topological polar surface area (TPSA) is 37.0 Å². The second-order valence-corrected chi connectivity index (χ2v) is 4.75. The Morgan fingerprint density at radius 2 is 1.84 bits per heavy atom. The zero-order valence-electron chi connectivity index (χ0n) is 10.4. The van der Waals surface area contributed by atoms with Crippen LogP contribution in [0.3, 0.4) is 0 Å². The smallest absolute Gasteiger partial charge is 0.151 e. The lowest BCUT2D eigenvalue weighted by molar-refractivity contribution is 0.619. The summed E-state index contributed by atoms with van der Waals surface area (Å²) in [6.45, 7) is 1.68. The molecule has 6 heteroatoms. The van der Waals surface area contributed by atoms with Crippen LogP contribution in [0.1, 0.15) is 5.56 Å². The summed E-state index contributed by atoms with van der Waals surface area (Å²) in [6, 6.07) is 6.35. The molecule has 0 aliphatic heterocycles. The molecule has 0 fully saturated rings. The Bertz CT molecular complexity index is 617. The van der Waals surface area contributed by atoms with E-state index in [0.717, 1.165) is 0 Å². The van der Waals surface area contributed by atoms with E-state index >= 15 is 0 Å². The number of hydrogen-bond acceptors (Lipinski definition) is 3. The third kappa shape index (κ3) is 2.91. The largest absolute Gasteiger partial charge is 0.372 e. The van der Waals surface area contributed by atoms with Crippen LogP contribution in [0, 0.1) is 12.7 Å². The minimum atomic E-state index is -0.288. The number of hydrogen-bond donors (Lipinski definition) is 2. The maximum atomic E-state index is 13.5. The van der Waals surface area contributed by atoms with Gasteiger partial charge in [-0.25, -0.2) is 9.37 Å². The fraction of sp³-hybridized carbons (Fsp3) is 0.154. The first-order valence-corrected chi connectivity index (χ1v) is 6.34. The molecule has 0 amide bonds. The van der Waals surface area contributed by atoms with E-state index in [-0.39, 0.29) is 5.82 Å². The normalized spacial score (nSPS) is 10.4. The molecular weight excluding hydrogens is 288 g/mol. The predicted octanol–water partition coefficient (Wildman–Crippen LogP) is 4.62. The highest BCUT2D eigenvalue weighted by atomic mass is 35.5. The fourth-order valence-corrected chi connectivity index (χ4v) is 2.10. The molecule has 100 valence electrons. The molecule has 1 aromatic carbocycles. The van der Waals surface area contributed by atoms with E-state index in [1.54, 1.807) is 32.2 Å². The lowest BCUT2D eigenvalue weighted by atomic mass is 10.2. The fourth-order valence-electron chi connectivity index (χ4n) is 1.60. The summed E-state index contributed by atoms with van der Waals surface area (Å²) in [4.78, 5) is 4.25. The Hall–Kier alpha value is -1.52. The molecule has 0 saturated carbocycles. The van der Waals surface area contributed by atoms with Crippen molar-refractivity contribution in [1.29, 1.82) is 0 Å². The van der Waals surface area contributed by atoms with Crippen LogP contribution in [0.25, 0.3) is 0 Å². The van der Waals surface area contributed by atoms with Crippen molar-refractivity contribution in [1.82, 2.24) is 4.98 Å². The molecule has 0 saturated heterocycles. The van der Waals surface area contributed by atoms with E-state index in [0.29, 0.717) is 32.9 Å². The number of halogens is 3. The number of benzene rings is 1. The van der Waals surface area contributed by atoms with E-state index in [9.17, 15) is 4.39 Å². The van der Waals surface area contributed by atoms with Crippen LogP contribution in [0.5, 0.6) is 0 Å². The summed E-state index contributed by atoms with van der Waals surface area (Å²) in [5, 5.41) is 6.65. The number of anilines is 3. The van der Waals surface area contributed by atoms with Crippen molar-refractivity contribution in [2.75, 3.05) is 17.7 Å². The van der Waals surface area contributed by atoms with Crippen LogP contribution in [-0.4, -0.2) is 12.0 Å². The number of aromatic nitrogens is 1. The van der Waals surface area contributed by atoms with Crippen molar-refractivity contribution in [2.45, 2.75) is 6.92 Å². The lowest BCUT2D eigenvalue weighted by Gasteiger charge is -2.12. The first kappa shape index (κ1) is 13.9. The van der Waals surface area contributed by atoms with Gasteiger partial charge in [0.1, 0.15) is 11.6 Å².